The van der Waals surface area contributed by atoms with Gasteiger partial charge in [-0.05, 0) is 38.8 Å². The van der Waals surface area contributed by atoms with Crippen molar-refractivity contribution in [2.24, 2.45) is 0 Å². The molecule has 0 atom stereocenters. The molecule has 1 N–H and O–H groups in total. The van der Waals surface area contributed by atoms with Crippen molar-refractivity contribution in [1.29, 1.82) is 5.26 Å². The van der Waals surface area contributed by atoms with Crippen LogP contribution in [0.4, 0.5) is 4.39 Å². The summed E-state index contributed by atoms with van der Waals surface area (Å²) in [4.78, 5) is 39.9. The molecule has 2 rings (SSSR count). The number of aromatic nitrogens is 2. The van der Waals surface area contributed by atoms with Gasteiger partial charge >= 0.3 is 11.7 Å². The van der Waals surface area contributed by atoms with Crippen molar-refractivity contribution in [3.63, 3.8) is 0 Å². The van der Waals surface area contributed by atoms with E-state index in [2.05, 4.69) is 4.98 Å². The number of benzene rings is 1. The number of esters is 1. The van der Waals surface area contributed by atoms with E-state index in [1.165, 1.54) is 6.92 Å². The lowest BCUT2D eigenvalue weighted by molar-refractivity contribution is 0.0377. The van der Waals surface area contributed by atoms with Gasteiger partial charge in [-0.1, -0.05) is 13.8 Å². The maximum absolute atomic E-state index is 14.6. The number of H-pyrrole nitrogens is 1. The Kier molecular flexibility index (Phi) is 5.64. The van der Waals surface area contributed by atoms with E-state index in [0.29, 0.717) is 10.3 Å². The number of nitrogens with zero attached hydrogens (tertiary/aromatic N) is 2. The average molecular weight is 373 g/mol. The first-order valence-corrected chi connectivity index (χ1v) is 8.39. The van der Waals surface area contributed by atoms with Crippen LogP contribution < -0.4 is 11.2 Å². The van der Waals surface area contributed by atoms with E-state index >= 15 is 0 Å². The quantitative estimate of drug-likeness (QED) is 0.829. The lowest BCUT2D eigenvalue weighted by Crippen LogP contribution is -2.37. The predicted molar refractivity (Wildman–Crippen MR) is 96.7 cm³/mol. The molecule has 0 bridgehead atoms. The summed E-state index contributed by atoms with van der Waals surface area (Å²) in [5.74, 6) is -1.93. The van der Waals surface area contributed by atoms with Crippen LogP contribution in [-0.2, 0) is 4.74 Å². The van der Waals surface area contributed by atoms with E-state index in [1.807, 2.05) is 13.8 Å². The third-order valence-corrected chi connectivity index (χ3v) is 3.96. The van der Waals surface area contributed by atoms with E-state index in [4.69, 9.17) is 4.74 Å². The monoisotopic (exact) mass is 373 g/mol. The Morgan fingerprint density at radius 3 is 2.41 bits per heavy atom. The Balaban J connectivity index is 2.80. The molecular weight excluding hydrogens is 353 g/mol. The fourth-order valence-electron chi connectivity index (χ4n) is 2.71. The minimum atomic E-state index is -0.975. The molecule has 1 aromatic heterocycles. The van der Waals surface area contributed by atoms with Crippen LogP contribution in [0, 0.1) is 24.1 Å². The largest absolute Gasteiger partial charge is 0.459 e. The third-order valence-electron chi connectivity index (χ3n) is 3.96. The second kappa shape index (κ2) is 7.58. The van der Waals surface area contributed by atoms with Gasteiger partial charge in [0.25, 0.3) is 5.56 Å². The Morgan fingerprint density at radius 2 is 1.89 bits per heavy atom. The third kappa shape index (κ3) is 3.82. The number of halogens is 1. The number of hydrogen-bond donors (Lipinski definition) is 1. The number of aromatic amines is 1. The van der Waals surface area contributed by atoms with E-state index in [-0.39, 0.29) is 22.6 Å². The minimum absolute atomic E-state index is 0.109. The van der Waals surface area contributed by atoms with Gasteiger partial charge in [0.05, 0.1) is 22.9 Å². The summed E-state index contributed by atoms with van der Waals surface area (Å²) in [5, 5.41) is 9.18. The number of carbonyl (C=O) groups excluding carboxylic acids is 1. The lowest BCUT2D eigenvalue weighted by Gasteiger charge is -2.14. The fraction of sp³-hybridized carbons (Fsp3) is 0.368. The van der Waals surface area contributed by atoms with Crippen LogP contribution in [0.25, 0.3) is 5.69 Å². The first-order valence-electron chi connectivity index (χ1n) is 8.39. The highest BCUT2D eigenvalue weighted by Gasteiger charge is 2.22. The normalized spacial score (nSPS) is 10.9. The average Bonchev–Trinajstić information content (AvgIpc) is 2.58. The summed E-state index contributed by atoms with van der Waals surface area (Å²) in [6.45, 7) is 8.39. The molecule has 0 amide bonds. The van der Waals surface area contributed by atoms with Gasteiger partial charge in [-0.2, -0.15) is 5.26 Å². The molecule has 0 radical (unpaired) electrons. The van der Waals surface area contributed by atoms with Crippen LogP contribution in [-0.4, -0.2) is 21.6 Å². The zero-order valence-electron chi connectivity index (χ0n) is 15.7. The summed E-state index contributed by atoms with van der Waals surface area (Å²) in [7, 11) is 0. The first-order chi connectivity index (χ1) is 12.6. The van der Waals surface area contributed by atoms with Gasteiger partial charge in [0.15, 0.2) is 0 Å². The first kappa shape index (κ1) is 20.1. The van der Waals surface area contributed by atoms with Gasteiger partial charge in [0.1, 0.15) is 11.9 Å². The second-order valence-corrected chi connectivity index (χ2v) is 6.68. The molecule has 142 valence electrons. The number of carbonyl (C=O) groups is 1. The predicted octanol–water partition coefficient (Wildman–Crippen LogP) is 2.53. The molecule has 0 fully saturated rings. The summed E-state index contributed by atoms with van der Waals surface area (Å²) in [5.41, 5.74) is -1.71. The number of nitrogens with one attached hydrogen (secondary N) is 1. The van der Waals surface area contributed by atoms with E-state index in [0.717, 1.165) is 12.1 Å². The number of ether oxygens (including phenoxy) is 1. The minimum Gasteiger partial charge on any atom is -0.459 e. The Labute approximate surface area is 155 Å². The van der Waals surface area contributed by atoms with Crippen LogP contribution in [0.5, 0.6) is 0 Å². The molecule has 0 aliphatic carbocycles. The van der Waals surface area contributed by atoms with Crippen LogP contribution >= 0.6 is 0 Å². The van der Waals surface area contributed by atoms with Gasteiger partial charge in [-0.3, -0.25) is 4.79 Å². The van der Waals surface area contributed by atoms with Crippen molar-refractivity contribution in [1.82, 2.24) is 9.55 Å². The standard InChI is InChI=1S/C19H20FN3O4/c1-9(2)16-11(5)17(24)23(19(26)22-16)15-7-13(18(25)27-10(3)4)12(8-21)6-14(15)20/h6-7,9-10H,1-5H3,(H,22,26). The molecule has 1 aromatic carbocycles. The van der Waals surface area contributed by atoms with Crippen molar-refractivity contribution >= 4 is 5.97 Å². The molecule has 2 aromatic rings. The van der Waals surface area contributed by atoms with Gasteiger partial charge in [0.2, 0.25) is 0 Å². The van der Waals surface area contributed by atoms with Crippen molar-refractivity contribution in [3.05, 3.63) is 61.2 Å². The number of nitriles is 1. The molecule has 0 saturated carbocycles. The molecule has 1 heterocycles. The van der Waals surface area contributed by atoms with Crippen molar-refractivity contribution in [2.75, 3.05) is 0 Å². The number of rotatable bonds is 4. The maximum Gasteiger partial charge on any atom is 0.339 e. The van der Waals surface area contributed by atoms with E-state index < -0.39 is 34.8 Å². The molecule has 7 nitrogen and oxygen atoms in total. The fourth-order valence-corrected chi connectivity index (χ4v) is 2.71. The molecular formula is C19H20FN3O4. The van der Waals surface area contributed by atoms with Crippen LogP contribution in [0.3, 0.4) is 0 Å². The number of hydrogen-bond acceptors (Lipinski definition) is 5. The summed E-state index contributed by atoms with van der Waals surface area (Å²) >= 11 is 0. The zero-order chi connectivity index (χ0) is 20.5. The van der Waals surface area contributed by atoms with Crippen molar-refractivity contribution < 1.29 is 13.9 Å². The van der Waals surface area contributed by atoms with Gasteiger partial charge in [0, 0.05) is 11.3 Å². The van der Waals surface area contributed by atoms with Crippen molar-refractivity contribution in [2.45, 2.75) is 46.6 Å². The maximum atomic E-state index is 14.6. The summed E-state index contributed by atoms with van der Waals surface area (Å²) in [6.07, 6.45) is -0.462. The Morgan fingerprint density at radius 1 is 1.26 bits per heavy atom. The highest BCUT2D eigenvalue weighted by Crippen LogP contribution is 2.20. The van der Waals surface area contributed by atoms with Crippen molar-refractivity contribution in [3.8, 4) is 11.8 Å². The van der Waals surface area contributed by atoms with Gasteiger partial charge < -0.3 is 9.72 Å². The van der Waals surface area contributed by atoms with E-state index in [1.54, 1.807) is 19.9 Å². The Bertz CT molecular complexity index is 1060. The molecule has 0 spiro atoms. The Hall–Kier alpha value is -3.21. The lowest BCUT2D eigenvalue weighted by atomic mass is 10.1. The highest BCUT2D eigenvalue weighted by molar-refractivity contribution is 5.93. The van der Waals surface area contributed by atoms with Crippen LogP contribution in [0.1, 0.15) is 60.8 Å². The van der Waals surface area contributed by atoms with Crippen LogP contribution in [0.15, 0.2) is 21.7 Å². The smallest absolute Gasteiger partial charge is 0.339 e. The topological polar surface area (TPSA) is 105 Å². The molecule has 27 heavy (non-hydrogen) atoms. The summed E-state index contributed by atoms with van der Waals surface area (Å²) < 4.78 is 20.2. The SMILES string of the molecule is Cc1c(C(C)C)[nH]c(=O)n(-c2cc(C(=O)OC(C)C)c(C#N)cc2F)c1=O. The molecule has 0 aliphatic heterocycles. The molecule has 0 saturated heterocycles. The summed E-state index contributed by atoms with van der Waals surface area (Å²) in [6, 6.07) is 3.52. The second-order valence-electron chi connectivity index (χ2n) is 6.68. The molecule has 0 aliphatic rings. The van der Waals surface area contributed by atoms with Gasteiger partial charge in [-0.15, -0.1) is 0 Å². The van der Waals surface area contributed by atoms with E-state index in [9.17, 15) is 24.0 Å². The molecule has 8 heteroatoms. The molecule has 0 unspecified atom stereocenters. The van der Waals surface area contributed by atoms with Gasteiger partial charge in [-0.25, -0.2) is 18.5 Å². The zero-order valence-corrected chi connectivity index (χ0v) is 15.7. The highest BCUT2D eigenvalue weighted by atomic mass is 19.1. The van der Waals surface area contributed by atoms with Crippen LogP contribution in [0.2, 0.25) is 0 Å².